The standard InChI is InChI=1S/C10H10F2N4/c11-8-5-4-7(6-9(8)12)2-1-3-10-13-15-16-14-10/h4-6H,1-3H2,(H,13,14,15,16). The van der Waals surface area contributed by atoms with E-state index in [1.54, 1.807) is 6.07 Å². The summed E-state index contributed by atoms with van der Waals surface area (Å²) in [4.78, 5) is 0. The monoisotopic (exact) mass is 224 g/mol. The smallest absolute Gasteiger partial charge is 0.174 e. The first-order valence-electron chi connectivity index (χ1n) is 4.92. The Balaban J connectivity index is 1.87. The summed E-state index contributed by atoms with van der Waals surface area (Å²) in [6.07, 6.45) is 2.09. The first-order valence-corrected chi connectivity index (χ1v) is 4.92. The Morgan fingerprint density at radius 1 is 1.12 bits per heavy atom. The lowest BCUT2D eigenvalue weighted by molar-refractivity contribution is 0.506. The fourth-order valence-electron chi connectivity index (χ4n) is 1.43. The van der Waals surface area contributed by atoms with Crippen molar-refractivity contribution in [3.63, 3.8) is 0 Å². The van der Waals surface area contributed by atoms with Crippen LogP contribution in [0, 0.1) is 11.6 Å². The van der Waals surface area contributed by atoms with Gasteiger partial charge in [-0.15, -0.1) is 10.2 Å². The van der Waals surface area contributed by atoms with Crippen LogP contribution in [0.15, 0.2) is 18.2 Å². The summed E-state index contributed by atoms with van der Waals surface area (Å²) in [7, 11) is 0. The molecule has 0 saturated heterocycles. The maximum absolute atomic E-state index is 12.9. The predicted molar refractivity (Wildman–Crippen MR) is 52.6 cm³/mol. The third kappa shape index (κ3) is 2.59. The van der Waals surface area contributed by atoms with Crippen LogP contribution in [0.5, 0.6) is 0 Å². The first-order chi connectivity index (χ1) is 7.75. The molecule has 0 fully saturated rings. The molecule has 0 amide bonds. The summed E-state index contributed by atoms with van der Waals surface area (Å²) in [5.41, 5.74) is 0.766. The number of tetrazole rings is 1. The van der Waals surface area contributed by atoms with Gasteiger partial charge in [0.2, 0.25) is 0 Å². The molecule has 2 aromatic rings. The highest BCUT2D eigenvalue weighted by molar-refractivity contribution is 5.17. The largest absolute Gasteiger partial charge is 0.204 e. The minimum atomic E-state index is -0.818. The van der Waals surface area contributed by atoms with Gasteiger partial charge in [-0.25, -0.2) is 8.78 Å². The van der Waals surface area contributed by atoms with E-state index in [0.29, 0.717) is 18.7 Å². The average Bonchev–Trinajstić information content (AvgIpc) is 2.76. The van der Waals surface area contributed by atoms with E-state index >= 15 is 0 Å². The van der Waals surface area contributed by atoms with E-state index in [-0.39, 0.29) is 0 Å². The fourth-order valence-corrected chi connectivity index (χ4v) is 1.43. The Kier molecular flexibility index (Phi) is 3.19. The third-order valence-electron chi connectivity index (χ3n) is 2.24. The van der Waals surface area contributed by atoms with Crippen LogP contribution in [0.4, 0.5) is 8.78 Å². The fraction of sp³-hybridized carbons (Fsp3) is 0.300. The van der Waals surface area contributed by atoms with E-state index in [1.807, 2.05) is 0 Å². The maximum atomic E-state index is 12.9. The average molecular weight is 224 g/mol. The summed E-state index contributed by atoms with van der Waals surface area (Å²) < 4.78 is 25.5. The van der Waals surface area contributed by atoms with Crippen molar-refractivity contribution in [2.75, 3.05) is 0 Å². The van der Waals surface area contributed by atoms with Gasteiger partial charge in [0.15, 0.2) is 17.5 Å². The van der Waals surface area contributed by atoms with Crippen LogP contribution in [0.2, 0.25) is 0 Å². The molecular weight excluding hydrogens is 214 g/mol. The molecule has 1 aromatic carbocycles. The molecule has 0 aliphatic heterocycles. The number of H-pyrrole nitrogens is 1. The zero-order valence-corrected chi connectivity index (χ0v) is 8.45. The zero-order valence-electron chi connectivity index (χ0n) is 8.45. The lowest BCUT2D eigenvalue weighted by atomic mass is 10.1. The first kappa shape index (κ1) is 10.7. The summed E-state index contributed by atoms with van der Waals surface area (Å²) in [6.45, 7) is 0. The van der Waals surface area contributed by atoms with Gasteiger partial charge >= 0.3 is 0 Å². The molecule has 0 aliphatic rings. The lowest BCUT2D eigenvalue weighted by Gasteiger charge is -2.00. The van der Waals surface area contributed by atoms with Gasteiger partial charge in [-0.3, -0.25) is 0 Å². The molecule has 1 heterocycles. The van der Waals surface area contributed by atoms with Crippen molar-refractivity contribution in [2.45, 2.75) is 19.3 Å². The van der Waals surface area contributed by atoms with E-state index in [2.05, 4.69) is 20.6 Å². The van der Waals surface area contributed by atoms with Gasteiger partial charge in [-0.05, 0) is 30.5 Å². The zero-order chi connectivity index (χ0) is 11.4. The van der Waals surface area contributed by atoms with E-state index in [0.717, 1.165) is 18.1 Å². The van der Waals surface area contributed by atoms with Crippen molar-refractivity contribution < 1.29 is 8.78 Å². The van der Waals surface area contributed by atoms with E-state index in [9.17, 15) is 8.78 Å². The van der Waals surface area contributed by atoms with Crippen LogP contribution >= 0.6 is 0 Å². The maximum Gasteiger partial charge on any atom is 0.174 e. The molecular formula is C10H10F2N4. The number of hydrogen-bond donors (Lipinski definition) is 1. The number of nitrogens with zero attached hydrogens (tertiary/aromatic N) is 3. The number of aromatic nitrogens is 4. The molecule has 84 valence electrons. The Morgan fingerprint density at radius 2 is 2.00 bits per heavy atom. The molecule has 0 radical (unpaired) electrons. The summed E-state index contributed by atoms with van der Waals surface area (Å²) in [5, 5.41) is 13.4. The molecule has 0 saturated carbocycles. The van der Waals surface area contributed by atoms with Crippen LogP contribution in [0.3, 0.4) is 0 Å². The van der Waals surface area contributed by atoms with Crippen molar-refractivity contribution in [1.82, 2.24) is 20.6 Å². The summed E-state index contributed by atoms with van der Waals surface area (Å²) in [5.74, 6) is -0.999. The van der Waals surface area contributed by atoms with E-state index in [1.165, 1.54) is 6.07 Å². The molecule has 6 heteroatoms. The van der Waals surface area contributed by atoms with Gasteiger partial charge in [-0.1, -0.05) is 11.3 Å². The van der Waals surface area contributed by atoms with Crippen LogP contribution in [-0.4, -0.2) is 20.6 Å². The normalized spacial score (nSPS) is 10.6. The predicted octanol–water partition coefficient (Wildman–Crippen LogP) is 1.65. The molecule has 0 bridgehead atoms. The molecule has 4 nitrogen and oxygen atoms in total. The Hall–Kier alpha value is -1.85. The lowest BCUT2D eigenvalue weighted by Crippen LogP contribution is -1.94. The molecule has 1 aromatic heterocycles. The highest BCUT2D eigenvalue weighted by atomic mass is 19.2. The van der Waals surface area contributed by atoms with Crippen LogP contribution in [0.25, 0.3) is 0 Å². The van der Waals surface area contributed by atoms with Gasteiger partial charge < -0.3 is 0 Å². The second-order valence-electron chi connectivity index (χ2n) is 3.43. The van der Waals surface area contributed by atoms with Crippen molar-refractivity contribution in [1.29, 1.82) is 0 Å². The highest BCUT2D eigenvalue weighted by Crippen LogP contribution is 2.11. The summed E-state index contributed by atoms with van der Waals surface area (Å²) in [6, 6.07) is 3.93. The molecule has 1 N–H and O–H groups in total. The minimum Gasteiger partial charge on any atom is -0.204 e. The van der Waals surface area contributed by atoms with Gasteiger partial charge in [0.05, 0.1) is 0 Å². The Morgan fingerprint density at radius 3 is 2.69 bits per heavy atom. The van der Waals surface area contributed by atoms with Crippen molar-refractivity contribution in [3.05, 3.63) is 41.2 Å². The Labute approximate surface area is 90.7 Å². The highest BCUT2D eigenvalue weighted by Gasteiger charge is 2.03. The van der Waals surface area contributed by atoms with E-state index in [4.69, 9.17) is 0 Å². The van der Waals surface area contributed by atoms with E-state index < -0.39 is 11.6 Å². The van der Waals surface area contributed by atoms with Crippen LogP contribution in [-0.2, 0) is 12.8 Å². The van der Waals surface area contributed by atoms with Gasteiger partial charge in [-0.2, -0.15) is 5.21 Å². The minimum absolute atomic E-state index is 0.627. The molecule has 16 heavy (non-hydrogen) atoms. The second kappa shape index (κ2) is 4.78. The van der Waals surface area contributed by atoms with Gasteiger partial charge in [0.25, 0.3) is 0 Å². The number of aromatic amines is 1. The van der Waals surface area contributed by atoms with Crippen molar-refractivity contribution >= 4 is 0 Å². The van der Waals surface area contributed by atoms with Crippen LogP contribution < -0.4 is 0 Å². The molecule has 0 aliphatic carbocycles. The molecule has 0 unspecified atom stereocenters. The third-order valence-corrected chi connectivity index (χ3v) is 2.24. The number of nitrogens with one attached hydrogen (secondary N) is 1. The SMILES string of the molecule is Fc1ccc(CCCc2nn[nH]n2)cc1F. The molecule has 2 rings (SSSR count). The van der Waals surface area contributed by atoms with Crippen molar-refractivity contribution in [2.24, 2.45) is 0 Å². The number of aryl methyl sites for hydroxylation is 2. The Bertz CT molecular complexity index is 456. The number of benzene rings is 1. The number of halogens is 2. The number of hydrogen-bond acceptors (Lipinski definition) is 3. The van der Waals surface area contributed by atoms with Crippen LogP contribution in [0.1, 0.15) is 17.8 Å². The van der Waals surface area contributed by atoms with Crippen molar-refractivity contribution in [3.8, 4) is 0 Å². The number of rotatable bonds is 4. The second-order valence-corrected chi connectivity index (χ2v) is 3.43. The quantitative estimate of drug-likeness (QED) is 0.859. The summed E-state index contributed by atoms with van der Waals surface area (Å²) >= 11 is 0. The topological polar surface area (TPSA) is 54.5 Å². The van der Waals surface area contributed by atoms with Gasteiger partial charge in [0.1, 0.15) is 0 Å². The molecule has 0 atom stereocenters. The molecule has 0 spiro atoms. The van der Waals surface area contributed by atoms with Gasteiger partial charge in [0, 0.05) is 6.42 Å².